The van der Waals surface area contributed by atoms with Crippen LogP contribution in [-0.2, 0) is 43.2 Å². The standard InChI is InChI=1S/C34H29FN2O3.C20H14FNO2.C12H14O3/c1-21(25-8-6-7-22(17-25)18-32(39)37-15-4-5-16-37)33-28-19-27(29(35)20-30(28)36-34(33)40)24-13-11-23(12-14-24)26-9-2-3-10-31(26)38;21-17-11-18-14(10-20(24)22-18)9-16(17)13-7-5-12(6-8-13)15-3-1-2-4-19(15)23;1-3-15-12(14)8-10-5-4-6-11(7-10)9(2)13/h2-3,6-14,17,19-20,38H,4-5,15-16,18H2,1H3,(H,36,40);1-9,11,23H,10H2,(H,22,24);4-7H,3,8H2,1-2H3/b33-21-;;. The van der Waals surface area contributed by atoms with Crippen LogP contribution in [0.1, 0.15) is 71.8 Å². The first kappa shape index (κ1) is 54.3. The maximum Gasteiger partial charge on any atom is 0.310 e. The summed E-state index contributed by atoms with van der Waals surface area (Å²) in [6, 6.07) is 49.7. The number of para-hydroxylation sites is 2. The Labute approximate surface area is 456 Å². The molecule has 11 rings (SSSR count). The van der Waals surface area contributed by atoms with Crippen LogP contribution in [0.4, 0.5) is 20.2 Å². The first-order chi connectivity index (χ1) is 38.1. The van der Waals surface area contributed by atoms with E-state index in [1.54, 1.807) is 61.5 Å². The van der Waals surface area contributed by atoms with Crippen LogP contribution in [0.3, 0.4) is 0 Å². The number of carbonyl (C=O) groups excluding carboxylic acids is 5. The number of hydrogen-bond donors (Lipinski definition) is 4. The summed E-state index contributed by atoms with van der Waals surface area (Å²) in [6.45, 7) is 7.16. The lowest BCUT2D eigenvalue weighted by molar-refractivity contribution is -0.142. The minimum Gasteiger partial charge on any atom is -0.507 e. The molecule has 1 fully saturated rings. The number of phenols is 2. The Bertz CT molecular complexity index is 3680. The van der Waals surface area contributed by atoms with Crippen molar-refractivity contribution in [2.24, 2.45) is 0 Å². The maximum absolute atomic E-state index is 15.3. The van der Waals surface area contributed by atoms with Crippen molar-refractivity contribution in [2.75, 3.05) is 30.3 Å². The lowest BCUT2D eigenvalue weighted by Crippen LogP contribution is -2.29. The van der Waals surface area contributed by atoms with Crippen molar-refractivity contribution in [3.8, 4) is 56.0 Å². The van der Waals surface area contributed by atoms with Crippen LogP contribution < -0.4 is 10.6 Å². The van der Waals surface area contributed by atoms with Crippen LogP contribution in [0.5, 0.6) is 11.5 Å². The third-order valence-electron chi connectivity index (χ3n) is 14.0. The summed E-state index contributed by atoms with van der Waals surface area (Å²) in [5.74, 6) is -0.954. The fourth-order valence-electron chi connectivity index (χ4n) is 9.94. The third-order valence-corrected chi connectivity index (χ3v) is 14.0. The minimum atomic E-state index is -0.435. The third kappa shape index (κ3) is 12.7. The Kier molecular flexibility index (Phi) is 16.7. The zero-order chi connectivity index (χ0) is 55.7. The van der Waals surface area contributed by atoms with Gasteiger partial charge in [-0.15, -0.1) is 0 Å². The second-order valence-corrected chi connectivity index (χ2v) is 19.4. The van der Waals surface area contributed by atoms with Crippen molar-refractivity contribution >= 4 is 52.0 Å². The molecular weight excluding hydrogens is 1000 g/mol. The second-order valence-electron chi connectivity index (χ2n) is 19.4. The molecule has 0 bridgehead atoms. The Morgan fingerprint density at radius 1 is 0.557 bits per heavy atom. The molecule has 8 aromatic carbocycles. The molecule has 1 saturated heterocycles. The van der Waals surface area contributed by atoms with Gasteiger partial charge in [-0.3, -0.25) is 24.0 Å². The monoisotopic (exact) mass is 1060 g/mol. The first-order valence-electron chi connectivity index (χ1n) is 26.0. The molecule has 398 valence electrons. The predicted molar refractivity (Wildman–Crippen MR) is 304 cm³/mol. The molecule has 3 aliphatic heterocycles. The van der Waals surface area contributed by atoms with Crippen molar-refractivity contribution < 1.29 is 47.7 Å². The smallest absolute Gasteiger partial charge is 0.310 e. The molecule has 3 amide bonds. The molecule has 0 atom stereocenters. The lowest BCUT2D eigenvalue weighted by Gasteiger charge is -2.15. The average molecular weight is 1060 g/mol. The van der Waals surface area contributed by atoms with E-state index in [1.165, 1.54) is 19.1 Å². The molecule has 4 N–H and O–H groups in total. The summed E-state index contributed by atoms with van der Waals surface area (Å²) in [5.41, 5.74) is 12.2. The van der Waals surface area contributed by atoms with Crippen molar-refractivity contribution in [2.45, 2.75) is 52.9 Å². The summed E-state index contributed by atoms with van der Waals surface area (Å²) >= 11 is 0. The van der Waals surface area contributed by atoms with E-state index >= 15 is 4.39 Å². The highest BCUT2D eigenvalue weighted by Crippen LogP contribution is 2.42. The molecule has 0 spiro atoms. The van der Waals surface area contributed by atoms with E-state index in [-0.39, 0.29) is 59.6 Å². The number of hydrogen-bond acceptors (Lipinski definition) is 8. The van der Waals surface area contributed by atoms with Crippen molar-refractivity contribution in [1.29, 1.82) is 0 Å². The largest absolute Gasteiger partial charge is 0.507 e. The number of nitrogens with one attached hydrogen (secondary N) is 2. The van der Waals surface area contributed by atoms with Crippen LogP contribution in [0.15, 0.2) is 170 Å². The number of anilines is 2. The van der Waals surface area contributed by atoms with Gasteiger partial charge in [0.15, 0.2) is 5.78 Å². The average Bonchev–Trinajstić information content (AvgIpc) is 4.25. The Morgan fingerprint density at radius 2 is 1.06 bits per heavy atom. The van der Waals surface area contributed by atoms with Gasteiger partial charge in [-0.2, -0.15) is 0 Å². The van der Waals surface area contributed by atoms with Gasteiger partial charge in [-0.1, -0.05) is 127 Å². The van der Waals surface area contributed by atoms with Gasteiger partial charge in [-0.25, -0.2) is 8.78 Å². The molecular formula is C66H57F2N3O8. The molecule has 0 aliphatic carbocycles. The molecule has 8 aromatic rings. The fraction of sp³-hybridized carbons (Fsp3) is 0.167. The van der Waals surface area contributed by atoms with Crippen LogP contribution in [0.2, 0.25) is 0 Å². The summed E-state index contributed by atoms with van der Waals surface area (Å²) in [6.07, 6.45) is 2.92. The molecule has 0 saturated carbocycles. The van der Waals surface area contributed by atoms with E-state index in [9.17, 15) is 38.6 Å². The number of nitrogens with zero attached hydrogens (tertiary/aromatic N) is 1. The number of carbonyl (C=O) groups is 5. The van der Waals surface area contributed by atoms with Gasteiger partial charge in [0.2, 0.25) is 11.8 Å². The van der Waals surface area contributed by atoms with Gasteiger partial charge in [-0.05, 0) is 126 Å². The molecule has 0 aromatic heterocycles. The van der Waals surface area contributed by atoms with Crippen LogP contribution >= 0.6 is 0 Å². The molecule has 0 radical (unpaired) electrons. The minimum absolute atomic E-state index is 0.000656. The zero-order valence-electron chi connectivity index (χ0n) is 43.9. The number of allylic oxidation sites excluding steroid dienone is 1. The van der Waals surface area contributed by atoms with E-state index in [1.807, 2.05) is 115 Å². The van der Waals surface area contributed by atoms with E-state index < -0.39 is 5.82 Å². The van der Waals surface area contributed by atoms with E-state index in [0.717, 1.165) is 76.0 Å². The van der Waals surface area contributed by atoms with Crippen LogP contribution in [0, 0.1) is 11.6 Å². The Morgan fingerprint density at radius 3 is 1.62 bits per heavy atom. The van der Waals surface area contributed by atoms with Crippen molar-refractivity contribution in [1.82, 2.24) is 4.90 Å². The number of Topliss-reactive ketones (excluding diaryl/α,β-unsaturated/α-hetero) is 1. The molecule has 3 aliphatic rings. The molecule has 3 heterocycles. The van der Waals surface area contributed by atoms with Gasteiger partial charge in [0, 0.05) is 52.2 Å². The topological polar surface area (TPSA) is 162 Å². The van der Waals surface area contributed by atoms with E-state index in [2.05, 4.69) is 10.6 Å². The normalized spacial score (nSPS) is 13.7. The van der Waals surface area contributed by atoms with Gasteiger partial charge in [0.05, 0.1) is 37.1 Å². The van der Waals surface area contributed by atoms with Crippen LogP contribution in [-0.4, -0.2) is 64.3 Å². The highest BCUT2D eigenvalue weighted by molar-refractivity contribution is 6.36. The number of ether oxygens (including phenoxy) is 1. The predicted octanol–water partition coefficient (Wildman–Crippen LogP) is 13.3. The number of halogens is 2. The van der Waals surface area contributed by atoms with E-state index in [4.69, 9.17) is 4.74 Å². The summed E-state index contributed by atoms with van der Waals surface area (Å²) in [5, 5.41) is 25.6. The summed E-state index contributed by atoms with van der Waals surface area (Å²) < 4.78 is 34.4. The number of phenolic OH excluding ortho intramolecular Hbond substituents is 2. The lowest BCUT2D eigenvalue weighted by atomic mass is 9.92. The number of ketones is 1. The molecule has 11 nitrogen and oxygen atoms in total. The summed E-state index contributed by atoms with van der Waals surface area (Å²) in [7, 11) is 0. The van der Waals surface area contributed by atoms with Gasteiger partial charge >= 0.3 is 5.97 Å². The highest BCUT2D eigenvalue weighted by atomic mass is 19.1. The molecule has 79 heavy (non-hydrogen) atoms. The number of fused-ring (bicyclic) bond motifs is 2. The van der Waals surface area contributed by atoms with Gasteiger partial charge < -0.3 is 30.5 Å². The van der Waals surface area contributed by atoms with Crippen LogP contribution in [0.25, 0.3) is 55.7 Å². The number of benzene rings is 8. The molecule has 13 heteroatoms. The Balaban J connectivity index is 0.000000163. The van der Waals surface area contributed by atoms with Gasteiger partial charge in [0.1, 0.15) is 23.1 Å². The number of rotatable bonds is 11. The number of likely N-dealkylation sites (tertiary alicyclic amines) is 1. The number of esters is 1. The SMILES string of the molecule is C/C(=C1/C(=O)Nc2cc(F)c(-c3ccc(-c4ccccc4O)cc3)cc21)c1cccc(CC(=O)N2CCCC2)c1.CCOC(=O)Cc1cccc(C(C)=O)c1.O=C1Cc2cc(-c3ccc(-c4ccccc4O)cc3)c(F)cc2N1. The second kappa shape index (κ2) is 24.2. The maximum atomic E-state index is 15.3. The van der Waals surface area contributed by atoms with Gasteiger partial charge in [0.25, 0.3) is 5.91 Å². The van der Waals surface area contributed by atoms with Crippen molar-refractivity contribution in [3.63, 3.8) is 0 Å². The quantitative estimate of drug-likeness (QED) is 0.0565. The number of aromatic hydroxyl groups is 2. The first-order valence-corrected chi connectivity index (χ1v) is 26.0. The highest BCUT2D eigenvalue weighted by Gasteiger charge is 2.29. The molecule has 0 unspecified atom stereocenters. The van der Waals surface area contributed by atoms with E-state index in [0.29, 0.717) is 63.4 Å². The fourth-order valence-corrected chi connectivity index (χ4v) is 9.94. The number of amides is 3. The summed E-state index contributed by atoms with van der Waals surface area (Å²) in [4.78, 5) is 61.4. The van der Waals surface area contributed by atoms with Crippen molar-refractivity contribution in [3.05, 3.63) is 215 Å². The Hall–Kier alpha value is -9.49. The zero-order valence-corrected chi connectivity index (χ0v) is 43.9.